The lowest BCUT2D eigenvalue weighted by atomic mass is 9.94. The number of carboxylic acid groups (broad SMARTS) is 1. The Bertz CT molecular complexity index is 282. The Labute approximate surface area is 88.9 Å². The smallest absolute Gasteiger partial charge is 0.307 e. The molecule has 2 rings (SSSR count). The third-order valence-corrected chi connectivity index (χ3v) is 2.88. The van der Waals surface area contributed by atoms with E-state index in [0.29, 0.717) is 11.8 Å². The molecule has 0 aliphatic heterocycles. The monoisotopic (exact) mass is 212 g/mol. The topological polar surface area (TPSA) is 63.6 Å². The summed E-state index contributed by atoms with van der Waals surface area (Å²) in [5, 5.41) is 8.70. The van der Waals surface area contributed by atoms with Crippen molar-refractivity contribution in [3.8, 4) is 0 Å². The highest BCUT2D eigenvalue weighted by molar-refractivity contribution is 5.71. The maximum Gasteiger partial charge on any atom is 0.307 e. The lowest BCUT2D eigenvalue weighted by molar-refractivity contribution is -0.142. The fourth-order valence-corrected chi connectivity index (χ4v) is 2.06. The van der Waals surface area contributed by atoms with Gasteiger partial charge in [0, 0.05) is 6.92 Å². The Balaban J connectivity index is 0.000000195. The van der Waals surface area contributed by atoms with Crippen molar-refractivity contribution in [2.75, 3.05) is 7.11 Å². The lowest BCUT2D eigenvalue weighted by Crippen LogP contribution is -2.17. The van der Waals surface area contributed by atoms with Gasteiger partial charge in [-0.15, -0.1) is 0 Å². The summed E-state index contributed by atoms with van der Waals surface area (Å²) in [6.07, 6.45) is 6.17. The molecule has 0 aromatic heterocycles. The van der Waals surface area contributed by atoms with E-state index in [-0.39, 0.29) is 11.9 Å². The molecule has 0 aromatic carbocycles. The van der Waals surface area contributed by atoms with Crippen molar-refractivity contribution in [3.63, 3.8) is 0 Å². The zero-order valence-electron chi connectivity index (χ0n) is 8.97. The number of allylic oxidation sites excluding steroid dienone is 2. The van der Waals surface area contributed by atoms with Crippen molar-refractivity contribution in [1.82, 2.24) is 0 Å². The van der Waals surface area contributed by atoms with Gasteiger partial charge in [-0.25, -0.2) is 0 Å². The van der Waals surface area contributed by atoms with Crippen molar-refractivity contribution in [2.24, 2.45) is 17.8 Å². The van der Waals surface area contributed by atoms with Crippen LogP contribution in [0.3, 0.4) is 0 Å². The number of carboxylic acids is 1. The summed E-state index contributed by atoms with van der Waals surface area (Å²) in [6.45, 7) is 1.36. The predicted molar refractivity (Wildman–Crippen MR) is 54.2 cm³/mol. The van der Waals surface area contributed by atoms with E-state index in [1.54, 1.807) is 0 Å². The van der Waals surface area contributed by atoms with E-state index in [9.17, 15) is 9.59 Å². The number of carbonyl (C=O) groups excluding carboxylic acids is 1. The number of carbonyl (C=O) groups is 2. The molecule has 4 nitrogen and oxygen atoms in total. The Kier molecular flexibility index (Phi) is 3.88. The van der Waals surface area contributed by atoms with Crippen molar-refractivity contribution in [3.05, 3.63) is 12.2 Å². The summed E-state index contributed by atoms with van der Waals surface area (Å²) in [7, 11) is 1.35. The molecule has 0 radical (unpaired) electrons. The summed E-state index contributed by atoms with van der Waals surface area (Å²) < 4.78 is 4.11. The van der Waals surface area contributed by atoms with Gasteiger partial charge in [0.05, 0.1) is 13.0 Å². The summed E-state index contributed by atoms with van der Waals surface area (Å²) in [5.74, 6) is -0.00884. The Morgan fingerprint density at radius 2 is 1.93 bits per heavy atom. The molecule has 3 atom stereocenters. The molecule has 3 unspecified atom stereocenters. The van der Waals surface area contributed by atoms with Gasteiger partial charge < -0.3 is 9.84 Å². The average Bonchev–Trinajstić information content (AvgIpc) is 2.79. The number of ether oxygens (including phenoxy) is 1. The van der Waals surface area contributed by atoms with Gasteiger partial charge in [-0.1, -0.05) is 12.2 Å². The van der Waals surface area contributed by atoms with Crippen LogP contribution in [0.1, 0.15) is 19.8 Å². The quantitative estimate of drug-likeness (QED) is 0.528. The first-order valence-electron chi connectivity index (χ1n) is 5.00. The highest BCUT2D eigenvalue weighted by Crippen LogP contribution is 2.43. The largest absolute Gasteiger partial charge is 0.481 e. The van der Waals surface area contributed by atoms with E-state index < -0.39 is 5.97 Å². The van der Waals surface area contributed by atoms with Gasteiger partial charge in [0.25, 0.3) is 0 Å². The maximum atomic E-state index is 10.6. The molecule has 1 fully saturated rings. The third-order valence-electron chi connectivity index (χ3n) is 2.88. The van der Waals surface area contributed by atoms with Gasteiger partial charge in [0.15, 0.2) is 0 Å². The van der Waals surface area contributed by atoms with Gasteiger partial charge in [-0.2, -0.15) is 0 Å². The lowest BCUT2D eigenvalue weighted by Gasteiger charge is -2.11. The molecular weight excluding hydrogens is 196 g/mol. The molecule has 2 aliphatic rings. The molecule has 84 valence electrons. The molecule has 15 heavy (non-hydrogen) atoms. The molecule has 4 heteroatoms. The minimum absolute atomic E-state index is 0.0741. The fourth-order valence-electron chi connectivity index (χ4n) is 2.06. The Morgan fingerprint density at radius 1 is 1.33 bits per heavy atom. The van der Waals surface area contributed by atoms with Gasteiger partial charge in [0.2, 0.25) is 0 Å². The first-order chi connectivity index (χ1) is 7.04. The molecule has 1 N–H and O–H groups in total. The minimum atomic E-state index is -0.614. The third kappa shape index (κ3) is 3.08. The second-order valence-electron chi connectivity index (χ2n) is 3.92. The predicted octanol–water partition coefficient (Wildman–Crippen LogP) is 1.46. The van der Waals surface area contributed by atoms with Crippen molar-refractivity contribution in [1.29, 1.82) is 0 Å². The number of esters is 1. The number of rotatable bonds is 1. The van der Waals surface area contributed by atoms with Gasteiger partial charge in [-0.3, -0.25) is 9.59 Å². The molecular formula is C11H16O4. The number of aliphatic carboxylic acids is 1. The minimum Gasteiger partial charge on any atom is -0.481 e. The maximum absolute atomic E-state index is 10.6. The second-order valence-corrected chi connectivity index (χ2v) is 3.92. The van der Waals surface area contributed by atoms with Crippen LogP contribution in [-0.4, -0.2) is 24.2 Å². The van der Waals surface area contributed by atoms with Crippen LogP contribution in [0, 0.1) is 17.8 Å². The fraction of sp³-hybridized carbons (Fsp3) is 0.636. The van der Waals surface area contributed by atoms with Crippen LogP contribution in [0.15, 0.2) is 12.2 Å². The van der Waals surface area contributed by atoms with Crippen molar-refractivity contribution >= 4 is 11.9 Å². The normalized spacial score (nSPS) is 30.7. The highest BCUT2D eigenvalue weighted by Gasteiger charge is 2.39. The van der Waals surface area contributed by atoms with Crippen LogP contribution < -0.4 is 0 Å². The van der Waals surface area contributed by atoms with Gasteiger partial charge >= 0.3 is 11.9 Å². The second kappa shape index (κ2) is 4.96. The highest BCUT2D eigenvalue weighted by atomic mass is 16.5. The molecule has 1 saturated carbocycles. The number of methoxy groups -OCH3 is 1. The van der Waals surface area contributed by atoms with Crippen LogP contribution in [0.25, 0.3) is 0 Å². The standard InChI is InChI=1S/C8H10O2.C3H6O2/c9-8(10)7-4-5-1-2-6(7)3-5;1-3(4)5-2/h1-2,5-7H,3-4H2,(H,9,10);1-2H3. The number of hydrogen-bond acceptors (Lipinski definition) is 3. The average molecular weight is 212 g/mol. The van der Waals surface area contributed by atoms with Gasteiger partial charge in [-0.05, 0) is 24.7 Å². The molecule has 0 spiro atoms. The van der Waals surface area contributed by atoms with Gasteiger partial charge in [0.1, 0.15) is 0 Å². The summed E-state index contributed by atoms with van der Waals surface area (Å²) in [5.41, 5.74) is 0. The Hall–Kier alpha value is -1.32. The molecule has 2 aliphatic carbocycles. The number of fused-ring (bicyclic) bond motifs is 2. The summed E-state index contributed by atoms with van der Waals surface area (Å²) >= 11 is 0. The van der Waals surface area contributed by atoms with Crippen LogP contribution in [0.5, 0.6) is 0 Å². The molecule has 0 amide bonds. The van der Waals surface area contributed by atoms with Crippen molar-refractivity contribution < 1.29 is 19.4 Å². The zero-order chi connectivity index (χ0) is 11.4. The molecule has 0 heterocycles. The molecule has 0 aromatic rings. The zero-order valence-corrected chi connectivity index (χ0v) is 8.97. The van der Waals surface area contributed by atoms with E-state index in [0.717, 1.165) is 12.8 Å². The van der Waals surface area contributed by atoms with E-state index in [1.807, 2.05) is 0 Å². The molecule has 0 saturated heterocycles. The van der Waals surface area contributed by atoms with Crippen molar-refractivity contribution in [2.45, 2.75) is 19.8 Å². The van der Waals surface area contributed by atoms with E-state index in [2.05, 4.69) is 16.9 Å². The summed E-state index contributed by atoms with van der Waals surface area (Å²) in [4.78, 5) is 20.1. The summed E-state index contributed by atoms with van der Waals surface area (Å²) in [6, 6.07) is 0. The van der Waals surface area contributed by atoms with E-state index in [4.69, 9.17) is 5.11 Å². The first kappa shape index (κ1) is 11.8. The first-order valence-corrected chi connectivity index (χ1v) is 5.00. The van der Waals surface area contributed by atoms with Crippen LogP contribution in [0.4, 0.5) is 0 Å². The van der Waals surface area contributed by atoms with Crippen LogP contribution >= 0.6 is 0 Å². The van der Waals surface area contributed by atoms with E-state index >= 15 is 0 Å². The molecule has 2 bridgehead atoms. The van der Waals surface area contributed by atoms with Crippen LogP contribution in [-0.2, 0) is 14.3 Å². The number of hydrogen-bond donors (Lipinski definition) is 1. The SMILES string of the molecule is COC(C)=O.O=C(O)C1CC2C=CC1C2. The van der Waals surface area contributed by atoms with E-state index in [1.165, 1.54) is 14.0 Å². The Morgan fingerprint density at radius 3 is 2.13 bits per heavy atom. The van der Waals surface area contributed by atoms with Crippen LogP contribution in [0.2, 0.25) is 0 Å².